The largest absolute Gasteiger partial charge is 0.325 e. The lowest BCUT2D eigenvalue weighted by Crippen LogP contribution is -2.40. The number of hydrogen-bond donors (Lipinski definition) is 3. The van der Waals surface area contributed by atoms with Crippen molar-refractivity contribution in [3.05, 3.63) is 94.9 Å². The molecule has 0 bridgehead atoms. The molecule has 35 heavy (non-hydrogen) atoms. The van der Waals surface area contributed by atoms with Crippen LogP contribution in [-0.4, -0.2) is 26.9 Å². The van der Waals surface area contributed by atoms with E-state index >= 15 is 0 Å². The zero-order valence-corrected chi connectivity index (χ0v) is 21.2. The molecule has 0 aliphatic carbocycles. The topological polar surface area (TPSA) is 106 Å². The summed E-state index contributed by atoms with van der Waals surface area (Å²) in [7, 11) is 0. The van der Waals surface area contributed by atoms with E-state index in [1.807, 2.05) is 74.5 Å². The number of amides is 1. The molecule has 0 saturated carbocycles. The van der Waals surface area contributed by atoms with Gasteiger partial charge in [0.25, 0.3) is 0 Å². The van der Waals surface area contributed by atoms with Crippen molar-refractivity contribution in [2.75, 3.05) is 10.6 Å². The molecule has 4 aromatic rings. The van der Waals surface area contributed by atoms with E-state index < -0.39 is 6.04 Å². The Bertz CT molecular complexity index is 1310. The van der Waals surface area contributed by atoms with Crippen LogP contribution in [0.5, 0.6) is 0 Å². The van der Waals surface area contributed by atoms with Gasteiger partial charge in [0.1, 0.15) is 0 Å². The van der Waals surface area contributed by atoms with Gasteiger partial charge in [-0.05, 0) is 66.9 Å². The lowest BCUT2D eigenvalue weighted by atomic mass is 9.89. The van der Waals surface area contributed by atoms with Crippen molar-refractivity contribution in [3.63, 3.8) is 0 Å². The molecule has 2 atom stereocenters. The van der Waals surface area contributed by atoms with E-state index in [0.717, 1.165) is 39.0 Å². The highest BCUT2D eigenvalue weighted by Crippen LogP contribution is 2.27. The Hall–Kier alpha value is -3.62. The number of benzene rings is 2. The number of nitrogens with zero attached hydrogens (tertiary/aromatic N) is 3. The summed E-state index contributed by atoms with van der Waals surface area (Å²) >= 11 is 3.50. The molecule has 8 heteroatoms. The van der Waals surface area contributed by atoms with E-state index in [9.17, 15) is 4.79 Å². The maximum Gasteiger partial charge on any atom is 0.241 e. The Labute approximate surface area is 213 Å². The van der Waals surface area contributed by atoms with Crippen LogP contribution in [0.15, 0.2) is 83.7 Å². The number of nitrogens with two attached hydrogens (primary N) is 1. The minimum absolute atomic E-state index is 0.0980. The van der Waals surface area contributed by atoms with Crippen LogP contribution in [0.25, 0.3) is 11.3 Å². The minimum Gasteiger partial charge on any atom is -0.325 e. The molecule has 4 N–H and O–H groups in total. The van der Waals surface area contributed by atoms with Crippen molar-refractivity contribution < 1.29 is 4.79 Å². The van der Waals surface area contributed by atoms with Gasteiger partial charge in [-0.15, -0.1) is 0 Å². The van der Waals surface area contributed by atoms with Crippen LogP contribution in [0, 0.1) is 6.92 Å². The number of aromatic nitrogens is 3. The second-order valence-corrected chi connectivity index (χ2v) is 9.16. The summed E-state index contributed by atoms with van der Waals surface area (Å²) in [5, 5.41) is 6.23. The molecular formula is C27H27BrN6O. The van der Waals surface area contributed by atoms with E-state index in [4.69, 9.17) is 5.73 Å². The molecule has 2 heterocycles. The Morgan fingerprint density at radius 2 is 1.94 bits per heavy atom. The number of aryl methyl sites for hydroxylation is 1. The number of rotatable bonds is 8. The molecule has 178 valence electrons. The molecular weight excluding hydrogens is 504 g/mol. The SMILES string of the molecule is CCC(c1cccc(Br)c1)C(N)C(=O)Nc1ccc(C)c(Nc2nccc(-c3cccnc3)n2)c1. The van der Waals surface area contributed by atoms with Gasteiger partial charge in [-0.3, -0.25) is 9.78 Å². The van der Waals surface area contributed by atoms with Crippen molar-refractivity contribution in [2.45, 2.75) is 32.2 Å². The fourth-order valence-electron chi connectivity index (χ4n) is 3.89. The summed E-state index contributed by atoms with van der Waals surface area (Å²) in [5.41, 5.74) is 11.5. The van der Waals surface area contributed by atoms with E-state index in [1.165, 1.54) is 0 Å². The van der Waals surface area contributed by atoms with Gasteiger partial charge in [-0.1, -0.05) is 41.1 Å². The number of pyridine rings is 1. The third-order valence-electron chi connectivity index (χ3n) is 5.82. The van der Waals surface area contributed by atoms with Gasteiger partial charge >= 0.3 is 0 Å². The molecule has 4 rings (SSSR count). The Morgan fingerprint density at radius 3 is 2.69 bits per heavy atom. The van der Waals surface area contributed by atoms with E-state index in [0.29, 0.717) is 11.6 Å². The van der Waals surface area contributed by atoms with Gasteiger partial charge in [0.05, 0.1) is 11.7 Å². The van der Waals surface area contributed by atoms with Crippen LogP contribution in [0.1, 0.15) is 30.4 Å². The van der Waals surface area contributed by atoms with Crippen molar-refractivity contribution >= 4 is 39.2 Å². The first-order chi connectivity index (χ1) is 16.9. The summed E-state index contributed by atoms with van der Waals surface area (Å²) in [4.78, 5) is 26.1. The first-order valence-electron chi connectivity index (χ1n) is 11.4. The third kappa shape index (κ3) is 6.09. The third-order valence-corrected chi connectivity index (χ3v) is 6.31. The maximum absolute atomic E-state index is 13.0. The van der Waals surface area contributed by atoms with Crippen LogP contribution in [0.3, 0.4) is 0 Å². The first kappa shape index (κ1) is 24.5. The number of halogens is 1. The predicted molar refractivity (Wildman–Crippen MR) is 144 cm³/mol. The minimum atomic E-state index is -0.688. The Morgan fingerprint density at radius 1 is 1.09 bits per heavy atom. The highest BCUT2D eigenvalue weighted by molar-refractivity contribution is 9.10. The summed E-state index contributed by atoms with van der Waals surface area (Å²) in [6.07, 6.45) is 5.93. The van der Waals surface area contributed by atoms with Gasteiger partial charge in [0, 0.05) is 45.9 Å². The van der Waals surface area contributed by atoms with Crippen LogP contribution in [-0.2, 0) is 4.79 Å². The fourth-order valence-corrected chi connectivity index (χ4v) is 4.31. The zero-order chi connectivity index (χ0) is 24.8. The molecule has 0 spiro atoms. The molecule has 0 aliphatic heterocycles. The maximum atomic E-state index is 13.0. The van der Waals surface area contributed by atoms with Crippen molar-refractivity contribution in [2.24, 2.45) is 5.73 Å². The molecule has 7 nitrogen and oxygen atoms in total. The van der Waals surface area contributed by atoms with Gasteiger partial charge in [0.2, 0.25) is 11.9 Å². The van der Waals surface area contributed by atoms with Crippen molar-refractivity contribution in [1.29, 1.82) is 0 Å². The quantitative estimate of drug-likeness (QED) is 0.265. The molecule has 0 aliphatic rings. The molecule has 0 fully saturated rings. The van der Waals surface area contributed by atoms with Crippen LogP contribution < -0.4 is 16.4 Å². The monoisotopic (exact) mass is 530 g/mol. The van der Waals surface area contributed by atoms with Crippen LogP contribution >= 0.6 is 15.9 Å². The fraction of sp³-hybridized carbons (Fsp3) is 0.185. The van der Waals surface area contributed by atoms with Gasteiger partial charge in [-0.25, -0.2) is 9.97 Å². The van der Waals surface area contributed by atoms with Crippen LogP contribution in [0.4, 0.5) is 17.3 Å². The predicted octanol–water partition coefficient (Wildman–Crippen LogP) is 5.81. The highest BCUT2D eigenvalue weighted by atomic mass is 79.9. The molecule has 1 amide bonds. The number of nitrogens with one attached hydrogen (secondary N) is 2. The second kappa shape index (κ2) is 11.2. The molecule has 2 unspecified atom stereocenters. The normalized spacial score (nSPS) is 12.6. The van der Waals surface area contributed by atoms with E-state index in [2.05, 4.69) is 41.5 Å². The molecule has 2 aromatic heterocycles. The van der Waals surface area contributed by atoms with E-state index in [1.54, 1.807) is 18.6 Å². The standard InChI is InChI=1S/C27H27BrN6O/c1-3-22(18-6-4-8-20(28)14-18)25(29)26(35)32-21-10-9-17(2)24(15-21)34-27-31-13-11-23(33-27)19-7-5-12-30-16-19/h4-16,22,25H,3,29H2,1-2H3,(H,32,35)(H,31,33,34). The second-order valence-electron chi connectivity index (χ2n) is 8.25. The summed E-state index contributed by atoms with van der Waals surface area (Å²) < 4.78 is 0.963. The van der Waals surface area contributed by atoms with Gasteiger partial charge in [0.15, 0.2) is 0 Å². The average Bonchev–Trinajstić information content (AvgIpc) is 2.87. The van der Waals surface area contributed by atoms with Gasteiger partial charge < -0.3 is 16.4 Å². The smallest absolute Gasteiger partial charge is 0.241 e. The lowest BCUT2D eigenvalue weighted by molar-refractivity contribution is -0.117. The number of carbonyl (C=O) groups excluding carboxylic acids is 1. The Balaban J connectivity index is 1.50. The number of hydrogen-bond acceptors (Lipinski definition) is 6. The van der Waals surface area contributed by atoms with E-state index in [-0.39, 0.29) is 11.8 Å². The van der Waals surface area contributed by atoms with Crippen LogP contribution in [0.2, 0.25) is 0 Å². The van der Waals surface area contributed by atoms with Crippen molar-refractivity contribution in [3.8, 4) is 11.3 Å². The van der Waals surface area contributed by atoms with Crippen molar-refractivity contribution in [1.82, 2.24) is 15.0 Å². The number of anilines is 3. The number of carbonyl (C=O) groups is 1. The Kier molecular flexibility index (Phi) is 7.84. The van der Waals surface area contributed by atoms with Gasteiger partial charge in [-0.2, -0.15) is 0 Å². The molecule has 2 aromatic carbocycles. The zero-order valence-electron chi connectivity index (χ0n) is 19.6. The summed E-state index contributed by atoms with van der Waals surface area (Å²) in [6, 6.07) is 18.5. The highest BCUT2D eigenvalue weighted by Gasteiger charge is 2.25. The first-order valence-corrected chi connectivity index (χ1v) is 12.2. The summed E-state index contributed by atoms with van der Waals surface area (Å²) in [6.45, 7) is 4.01. The lowest BCUT2D eigenvalue weighted by Gasteiger charge is -2.23. The average molecular weight is 531 g/mol. The molecule has 0 saturated heterocycles. The molecule has 0 radical (unpaired) electrons. The summed E-state index contributed by atoms with van der Waals surface area (Å²) in [5.74, 6) is 0.121.